The number of benzene rings is 3. The van der Waals surface area contributed by atoms with Gasteiger partial charge >= 0.3 is 0 Å². The molecule has 174 valence electrons. The maximum absolute atomic E-state index is 13.2. The number of nitrogens with zero attached hydrogens (tertiary/aromatic N) is 3. The molecule has 2 N–H and O–H groups in total. The monoisotopic (exact) mass is 475 g/mol. The van der Waals surface area contributed by atoms with Crippen molar-refractivity contribution in [1.82, 2.24) is 14.8 Å². The molecule has 3 aromatic carbocycles. The predicted octanol–water partition coefficient (Wildman–Crippen LogP) is 5.37. The highest BCUT2D eigenvalue weighted by Crippen LogP contribution is 2.21. The number of nitrogens with one attached hydrogen (secondary N) is 2. The van der Waals surface area contributed by atoms with Gasteiger partial charge in [0.1, 0.15) is 5.82 Å². The molecule has 34 heavy (non-hydrogen) atoms. The summed E-state index contributed by atoms with van der Waals surface area (Å²) in [6, 6.07) is 24.0. The van der Waals surface area contributed by atoms with E-state index in [2.05, 4.69) is 27.8 Å². The first-order chi connectivity index (χ1) is 16.6. The van der Waals surface area contributed by atoms with Gasteiger partial charge in [-0.1, -0.05) is 67.2 Å². The van der Waals surface area contributed by atoms with Crippen molar-refractivity contribution < 1.29 is 9.18 Å². The first-order valence-electron chi connectivity index (χ1n) is 11.1. The Kier molecular flexibility index (Phi) is 7.93. The van der Waals surface area contributed by atoms with Gasteiger partial charge in [-0.3, -0.25) is 4.79 Å². The molecule has 8 heteroatoms. The summed E-state index contributed by atoms with van der Waals surface area (Å²) in [5.41, 5.74) is 3.83. The topological polar surface area (TPSA) is 71.8 Å². The number of carbonyl (C=O) groups excluding carboxylic acids is 1. The van der Waals surface area contributed by atoms with Crippen LogP contribution in [-0.4, -0.2) is 26.4 Å². The summed E-state index contributed by atoms with van der Waals surface area (Å²) >= 11 is 1.35. The van der Waals surface area contributed by atoms with Crippen molar-refractivity contribution in [3.8, 4) is 0 Å². The van der Waals surface area contributed by atoms with Crippen LogP contribution in [0.4, 0.5) is 15.8 Å². The Morgan fingerprint density at radius 3 is 2.47 bits per heavy atom. The van der Waals surface area contributed by atoms with Gasteiger partial charge in [-0.15, -0.1) is 10.2 Å². The van der Waals surface area contributed by atoms with E-state index in [1.54, 1.807) is 12.1 Å². The van der Waals surface area contributed by atoms with Crippen molar-refractivity contribution in [2.45, 2.75) is 31.6 Å². The van der Waals surface area contributed by atoms with Gasteiger partial charge in [0.2, 0.25) is 5.91 Å². The molecule has 0 aliphatic rings. The fourth-order valence-electron chi connectivity index (χ4n) is 3.50. The van der Waals surface area contributed by atoms with Crippen molar-refractivity contribution in [2.24, 2.45) is 0 Å². The summed E-state index contributed by atoms with van der Waals surface area (Å²) in [4.78, 5) is 12.6. The Labute approximate surface area is 202 Å². The quantitative estimate of drug-likeness (QED) is 0.302. The Bertz CT molecular complexity index is 1230. The van der Waals surface area contributed by atoms with E-state index in [0.717, 1.165) is 34.7 Å². The van der Waals surface area contributed by atoms with Crippen LogP contribution in [0.3, 0.4) is 0 Å². The second-order valence-electron chi connectivity index (χ2n) is 7.68. The fourth-order valence-corrected chi connectivity index (χ4v) is 4.25. The minimum atomic E-state index is -0.281. The van der Waals surface area contributed by atoms with Gasteiger partial charge in [0, 0.05) is 11.4 Å². The Balaban J connectivity index is 1.47. The third kappa shape index (κ3) is 6.23. The standard InChI is InChI=1S/C26H26FN5OS/c1-2-20-10-6-7-11-23(20)29-25(33)18-34-26-31-30-24(16-28-22-14-12-21(27)13-15-22)32(26)17-19-8-4-3-5-9-19/h3-15,28H,2,16-18H2,1H3,(H,29,33). The molecule has 0 radical (unpaired) electrons. The average Bonchev–Trinajstić information content (AvgIpc) is 3.24. The van der Waals surface area contributed by atoms with Gasteiger partial charge in [0.15, 0.2) is 11.0 Å². The summed E-state index contributed by atoms with van der Waals surface area (Å²) in [6.45, 7) is 3.06. The predicted molar refractivity (Wildman–Crippen MR) is 134 cm³/mol. The van der Waals surface area contributed by atoms with E-state index in [9.17, 15) is 9.18 Å². The minimum Gasteiger partial charge on any atom is -0.378 e. The number of hydrogen-bond acceptors (Lipinski definition) is 5. The molecule has 6 nitrogen and oxygen atoms in total. The van der Waals surface area contributed by atoms with Crippen LogP contribution in [0.2, 0.25) is 0 Å². The zero-order valence-electron chi connectivity index (χ0n) is 18.9. The molecule has 1 amide bonds. The van der Waals surface area contributed by atoms with Crippen molar-refractivity contribution in [1.29, 1.82) is 0 Å². The van der Waals surface area contributed by atoms with E-state index in [1.807, 2.05) is 59.2 Å². The second kappa shape index (κ2) is 11.5. The molecule has 0 unspecified atom stereocenters. The SMILES string of the molecule is CCc1ccccc1NC(=O)CSc1nnc(CNc2ccc(F)cc2)n1Cc1ccccc1. The van der Waals surface area contributed by atoms with Gasteiger partial charge in [-0.25, -0.2) is 4.39 Å². The van der Waals surface area contributed by atoms with Crippen LogP contribution in [-0.2, 0) is 24.3 Å². The molecule has 0 atom stereocenters. The Hall–Kier alpha value is -3.65. The van der Waals surface area contributed by atoms with E-state index in [4.69, 9.17) is 0 Å². The minimum absolute atomic E-state index is 0.0915. The fraction of sp³-hybridized carbons (Fsp3) is 0.192. The average molecular weight is 476 g/mol. The molecule has 0 saturated carbocycles. The lowest BCUT2D eigenvalue weighted by Gasteiger charge is -2.12. The van der Waals surface area contributed by atoms with Crippen LogP contribution in [0.1, 0.15) is 23.9 Å². The van der Waals surface area contributed by atoms with Crippen LogP contribution in [0.15, 0.2) is 84.0 Å². The van der Waals surface area contributed by atoms with E-state index in [-0.39, 0.29) is 17.5 Å². The zero-order valence-corrected chi connectivity index (χ0v) is 19.7. The molecule has 0 bridgehead atoms. The summed E-state index contributed by atoms with van der Waals surface area (Å²) in [5.74, 6) is 0.575. The van der Waals surface area contributed by atoms with Gasteiger partial charge in [0.05, 0.1) is 18.8 Å². The smallest absolute Gasteiger partial charge is 0.234 e. The largest absolute Gasteiger partial charge is 0.378 e. The molecular formula is C26H26FN5OS. The zero-order chi connectivity index (χ0) is 23.8. The summed E-state index contributed by atoms with van der Waals surface area (Å²) in [7, 11) is 0. The maximum atomic E-state index is 13.2. The molecule has 4 rings (SSSR count). The molecule has 1 heterocycles. The molecular weight excluding hydrogens is 449 g/mol. The van der Waals surface area contributed by atoms with Crippen LogP contribution in [0.5, 0.6) is 0 Å². The van der Waals surface area contributed by atoms with Crippen LogP contribution in [0, 0.1) is 5.82 Å². The lowest BCUT2D eigenvalue weighted by molar-refractivity contribution is -0.113. The van der Waals surface area contributed by atoms with Gasteiger partial charge in [-0.2, -0.15) is 0 Å². The number of halogens is 1. The number of thioether (sulfide) groups is 1. The van der Waals surface area contributed by atoms with Crippen LogP contribution >= 0.6 is 11.8 Å². The molecule has 4 aromatic rings. The number of hydrogen-bond donors (Lipinski definition) is 2. The maximum Gasteiger partial charge on any atom is 0.234 e. The van der Waals surface area contributed by atoms with E-state index >= 15 is 0 Å². The Morgan fingerprint density at radius 2 is 1.71 bits per heavy atom. The number of para-hydroxylation sites is 1. The molecule has 0 aliphatic heterocycles. The third-order valence-corrected chi connectivity index (χ3v) is 6.24. The highest BCUT2D eigenvalue weighted by atomic mass is 32.2. The number of aromatic nitrogens is 3. The Morgan fingerprint density at radius 1 is 0.971 bits per heavy atom. The second-order valence-corrected chi connectivity index (χ2v) is 8.62. The van der Waals surface area contributed by atoms with E-state index in [0.29, 0.717) is 18.2 Å². The van der Waals surface area contributed by atoms with Crippen molar-refractivity contribution in [3.63, 3.8) is 0 Å². The molecule has 0 aliphatic carbocycles. The number of rotatable bonds is 10. The lowest BCUT2D eigenvalue weighted by Crippen LogP contribution is -2.16. The summed E-state index contributed by atoms with van der Waals surface area (Å²) in [5, 5.41) is 15.6. The van der Waals surface area contributed by atoms with Crippen molar-refractivity contribution in [3.05, 3.63) is 102 Å². The summed E-state index contributed by atoms with van der Waals surface area (Å²) < 4.78 is 15.2. The van der Waals surface area contributed by atoms with Crippen molar-refractivity contribution >= 4 is 29.0 Å². The number of amides is 1. The molecule has 1 aromatic heterocycles. The van der Waals surface area contributed by atoms with Gasteiger partial charge in [0.25, 0.3) is 0 Å². The van der Waals surface area contributed by atoms with Gasteiger partial charge in [-0.05, 0) is 47.9 Å². The summed E-state index contributed by atoms with van der Waals surface area (Å²) in [6.07, 6.45) is 0.847. The van der Waals surface area contributed by atoms with Gasteiger partial charge < -0.3 is 15.2 Å². The number of carbonyl (C=O) groups is 1. The highest BCUT2D eigenvalue weighted by Gasteiger charge is 2.15. The van der Waals surface area contributed by atoms with Crippen LogP contribution < -0.4 is 10.6 Å². The lowest BCUT2D eigenvalue weighted by atomic mass is 10.1. The molecule has 0 spiro atoms. The van der Waals surface area contributed by atoms with Crippen LogP contribution in [0.25, 0.3) is 0 Å². The normalized spacial score (nSPS) is 10.8. The van der Waals surface area contributed by atoms with E-state index in [1.165, 1.54) is 23.9 Å². The van der Waals surface area contributed by atoms with E-state index < -0.39 is 0 Å². The first-order valence-corrected chi connectivity index (χ1v) is 12.1. The number of anilines is 2. The third-order valence-electron chi connectivity index (χ3n) is 5.28. The first kappa shape index (κ1) is 23.5. The van der Waals surface area contributed by atoms with Crippen molar-refractivity contribution in [2.75, 3.05) is 16.4 Å². The number of aryl methyl sites for hydroxylation is 1. The molecule has 0 fully saturated rings. The molecule has 0 saturated heterocycles. The highest BCUT2D eigenvalue weighted by molar-refractivity contribution is 7.99.